The second-order valence-corrected chi connectivity index (χ2v) is 4.67. The van der Waals surface area contributed by atoms with Gasteiger partial charge in [0.25, 0.3) is 5.56 Å². The van der Waals surface area contributed by atoms with Crippen LogP contribution in [0.3, 0.4) is 0 Å². The van der Waals surface area contributed by atoms with Crippen LogP contribution in [-0.4, -0.2) is 23.8 Å². The minimum atomic E-state index is -0.323. The molecular formula is C14H15ClN2O3. The number of nitrogens with zero attached hydrogens (tertiary/aromatic N) is 2. The molecule has 0 aliphatic carbocycles. The van der Waals surface area contributed by atoms with Crippen LogP contribution in [0.25, 0.3) is 0 Å². The molecule has 0 atom stereocenters. The third kappa shape index (κ3) is 2.77. The summed E-state index contributed by atoms with van der Waals surface area (Å²) in [7, 11) is 2.99. The van der Waals surface area contributed by atoms with Crippen LogP contribution >= 0.6 is 11.6 Å². The van der Waals surface area contributed by atoms with Crippen LogP contribution in [0, 0.1) is 6.92 Å². The third-order valence-electron chi connectivity index (χ3n) is 2.93. The summed E-state index contributed by atoms with van der Waals surface area (Å²) in [6, 6.07) is 5.79. The average Bonchev–Trinajstić information content (AvgIpc) is 2.43. The van der Waals surface area contributed by atoms with E-state index in [-0.39, 0.29) is 16.5 Å². The predicted octanol–water partition coefficient (Wildman–Crippen LogP) is 2.27. The van der Waals surface area contributed by atoms with Crippen LogP contribution in [0.5, 0.6) is 11.5 Å². The molecule has 0 unspecified atom stereocenters. The van der Waals surface area contributed by atoms with E-state index in [1.54, 1.807) is 7.11 Å². The van der Waals surface area contributed by atoms with E-state index in [1.807, 2.05) is 25.1 Å². The Morgan fingerprint density at radius 2 is 2.05 bits per heavy atom. The number of benzene rings is 1. The molecule has 0 radical (unpaired) electrons. The summed E-state index contributed by atoms with van der Waals surface area (Å²) in [4.78, 5) is 16.1. The molecule has 0 amide bonds. The second kappa shape index (κ2) is 5.96. The lowest BCUT2D eigenvalue weighted by atomic mass is 10.1. The number of hydrogen-bond acceptors (Lipinski definition) is 4. The topological polar surface area (TPSA) is 53.4 Å². The highest BCUT2D eigenvalue weighted by Gasteiger charge is 2.12. The molecule has 0 aliphatic heterocycles. The van der Waals surface area contributed by atoms with Crippen molar-refractivity contribution < 1.29 is 9.47 Å². The second-order valence-electron chi connectivity index (χ2n) is 4.32. The Hall–Kier alpha value is -2.01. The monoisotopic (exact) mass is 294 g/mol. The summed E-state index contributed by atoms with van der Waals surface area (Å²) in [6.45, 7) is 2.32. The van der Waals surface area contributed by atoms with Crippen LogP contribution in [-0.2, 0) is 6.54 Å². The molecule has 5 nitrogen and oxygen atoms in total. The van der Waals surface area contributed by atoms with Gasteiger partial charge in [-0.15, -0.1) is 0 Å². The minimum Gasteiger partial charge on any atom is -0.496 e. The van der Waals surface area contributed by atoms with E-state index in [2.05, 4.69) is 4.98 Å². The van der Waals surface area contributed by atoms with Gasteiger partial charge in [0, 0.05) is 5.56 Å². The first-order valence-corrected chi connectivity index (χ1v) is 6.37. The maximum Gasteiger partial charge on any atom is 0.297 e. The van der Waals surface area contributed by atoms with Gasteiger partial charge in [0.2, 0.25) is 5.75 Å². The fraction of sp³-hybridized carbons (Fsp3) is 0.286. The lowest BCUT2D eigenvalue weighted by molar-refractivity contribution is 0.397. The zero-order valence-electron chi connectivity index (χ0n) is 11.5. The summed E-state index contributed by atoms with van der Waals surface area (Å²) in [5.74, 6) is 0.761. The van der Waals surface area contributed by atoms with E-state index in [4.69, 9.17) is 21.1 Å². The number of methoxy groups -OCH3 is 2. The fourth-order valence-corrected chi connectivity index (χ4v) is 2.15. The molecule has 0 spiro atoms. The van der Waals surface area contributed by atoms with Gasteiger partial charge in [-0.2, -0.15) is 0 Å². The highest BCUT2D eigenvalue weighted by atomic mass is 35.5. The highest BCUT2D eigenvalue weighted by Crippen LogP contribution is 2.21. The normalized spacial score (nSPS) is 10.4. The Kier molecular flexibility index (Phi) is 4.29. The first-order chi connectivity index (χ1) is 9.56. The number of hydrogen-bond donors (Lipinski definition) is 0. The van der Waals surface area contributed by atoms with Gasteiger partial charge in [-0.3, -0.25) is 9.36 Å². The number of halogens is 1. The Labute approximate surface area is 121 Å². The fourth-order valence-electron chi connectivity index (χ4n) is 1.95. The lowest BCUT2D eigenvalue weighted by Crippen LogP contribution is -2.23. The largest absolute Gasteiger partial charge is 0.496 e. The number of rotatable bonds is 4. The van der Waals surface area contributed by atoms with E-state index in [9.17, 15) is 4.79 Å². The average molecular weight is 295 g/mol. The van der Waals surface area contributed by atoms with Crippen molar-refractivity contribution in [2.45, 2.75) is 13.5 Å². The Morgan fingerprint density at radius 3 is 2.70 bits per heavy atom. The van der Waals surface area contributed by atoms with Gasteiger partial charge in [0.1, 0.15) is 5.75 Å². The Morgan fingerprint density at radius 1 is 1.30 bits per heavy atom. The molecule has 1 aromatic heterocycles. The smallest absolute Gasteiger partial charge is 0.297 e. The van der Waals surface area contributed by atoms with Gasteiger partial charge in [0.05, 0.1) is 27.1 Å². The molecule has 0 saturated heterocycles. The molecule has 20 heavy (non-hydrogen) atoms. The van der Waals surface area contributed by atoms with Crippen molar-refractivity contribution in [1.82, 2.24) is 9.55 Å². The van der Waals surface area contributed by atoms with E-state index in [0.717, 1.165) is 16.9 Å². The molecule has 0 bridgehead atoms. The molecule has 0 aliphatic rings. The first-order valence-electron chi connectivity index (χ1n) is 5.99. The quantitative estimate of drug-likeness (QED) is 0.812. The zero-order valence-corrected chi connectivity index (χ0v) is 12.3. The zero-order chi connectivity index (χ0) is 14.7. The van der Waals surface area contributed by atoms with Crippen molar-refractivity contribution >= 4 is 11.6 Å². The predicted molar refractivity (Wildman–Crippen MR) is 76.9 cm³/mol. The van der Waals surface area contributed by atoms with Gasteiger partial charge in [0.15, 0.2) is 5.15 Å². The molecule has 2 aromatic rings. The van der Waals surface area contributed by atoms with Gasteiger partial charge in [-0.1, -0.05) is 29.3 Å². The van der Waals surface area contributed by atoms with Gasteiger partial charge in [-0.05, 0) is 13.0 Å². The summed E-state index contributed by atoms with van der Waals surface area (Å²) in [5.41, 5.74) is 1.65. The molecule has 0 saturated carbocycles. The number of aryl methyl sites for hydroxylation is 1. The van der Waals surface area contributed by atoms with Crippen LogP contribution in [0.4, 0.5) is 0 Å². The minimum absolute atomic E-state index is 0.0424. The van der Waals surface area contributed by atoms with Crippen molar-refractivity contribution in [2.24, 2.45) is 0 Å². The standard InChI is InChI=1S/C14H15ClN2O3/c1-9-4-5-11(19-2)10(6-9)7-17-8-16-13(15)12(20-3)14(17)18/h4-6,8H,7H2,1-3H3. The van der Waals surface area contributed by atoms with Crippen molar-refractivity contribution in [3.8, 4) is 11.5 Å². The molecule has 0 fully saturated rings. The van der Waals surface area contributed by atoms with Gasteiger partial charge >= 0.3 is 0 Å². The van der Waals surface area contributed by atoms with Crippen LogP contribution in [0.15, 0.2) is 29.3 Å². The molecule has 106 valence electrons. The summed E-state index contributed by atoms with van der Waals surface area (Å²) < 4.78 is 11.7. The highest BCUT2D eigenvalue weighted by molar-refractivity contribution is 6.30. The molecule has 2 rings (SSSR count). The van der Waals surface area contributed by atoms with Gasteiger partial charge < -0.3 is 9.47 Å². The Balaban J connectivity index is 2.45. The number of aromatic nitrogens is 2. The van der Waals surface area contributed by atoms with E-state index in [0.29, 0.717) is 6.54 Å². The van der Waals surface area contributed by atoms with E-state index < -0.39 is 0 Å². The molecular weight excluding hydrogens is 280 g/mol. The molecule has 1 aromatic carbocycles. The van der Waals surface area contributed by atoms with E-state index >= 15 is 0 Å². The summed E-state index contributed by atoms with van der Waals surface area (Å²) in [5, 5.41) is 0.0601. The third-order valence-corrected chi connectivity index (χ3v) is 3.20. The molecule has 1 heterocycles. The Bertz CT molecular complexity index is 683. The maximum atomic E-state index is 12.2. The summed E-state index contributed by atoms with van der Waals surface area (Å²) in [6.07, 6.45) is 1.40. The first kappa shape index (κ1) is 14.4. The SMILES string of the molecule is COc1ccc(C)cc1Cn1cnc(Cl)c(OC)c1=O. The summed E-state index contributed by atoms with van der Waals surface area (Å²) >= 11 is 5.81. The van der Waals surface area contributed by atoms with Crippen molar-refractivity contribution in [2.75, 3.05) is 14.2 Å². The van der Waals surface area contributed by atoms with Crippen molar-refractivity contribution in [3.05, 3.63) is 51.2 Å². The van der Waals surface area contributed by atoms with Gasteiger partial charge in [-0.25, -0.2) is 4.98 Å². The van der Waals surface area contributed by atoms with Crippen LogP contribution < -0.4 is 15.0 Å². The molecule has 0 N–H and O–H groups in total. The lowest BCUT2D eigenvalue weighted by Gasteiger charge is -2.12. The maximum absolute atomic E-state index is 12.2. The molecule has 6 heteroatoms. The van der Waals surface area contributed by atoms with E-state index in [1.165, 1.54) is 18.0 Å². The van der Waals surface area contributed by atoms with Crippen LogP contribution in [0.1, 0.15) is 11.1 Å². The van der Waals surface area contributed by atoms with Crippen molar-refractivity contribution in [1.29, 1.82) is 0 Å². The number of ether oxygens (including phenoxy) is 2. The van der Waals surface area contributed by atoms with Crippen molar-refractivity contribution in [3.63, 3.8) is 0 Å². The van der Waals surface area contributed by atoms with Crippen LogP contribution in [0.2, 0.25) is 5.15 Å².